The van der Waals surface area contributed by atoms with Crippen LogP contribution in [0.3, 0.4) is 0 Å². The highest BCUT2D eigenvalue weighted by atomic mass is 35.5. The fourth-order valence-electron chi connectivity index (χ4n) is 1.85. The number of rotatable bonds is 2. The van der Waals surface area contributed by atoms with Crippen molar-refractivity contribution in [2.75, 3.05) is 17.6 Å². The first kappa shape index (κ1) is 13.0. The molecule has 0 aliphatic carbocycles. The van der Waals surface area contributed by atoms with Gasteiger partial charge in [-0.2, -0.15) is 0 Å². The largest absolute Gasteiger partial charge is 0.336 e. The van der Waals surface area contributed by atoms with Crippen LogP contribution in [0, 0.1) is 0 Å². The van der Waals surface area contributed by atoms with Gasteiger partial charge >= 0.3 is 0 Å². The van der Waals surface area contributed by atoms with Crippen LogP contribution in [0.1, 0.15) is 13.3 Å². The van der Waals surface area contributed by atoms with Crippen molar-refractivity contribution in [2.45, 2.75) is 18.7 Å². The van der Waals surface area contributed by atoms with E-state index in [1.807, 2.05) is 36.0 Å². The Morgan fingerprint density at radius 3 is 3.18 bits per heavy atom. The van der Waals surface area contributed by atoms with E-state index in [2.05, 4.69) is 17.1 Å². The molecule has 1 heterocycles. The van der Waals surface area contributed by atoms with E-state index in [0.717, 1.165) is 34.5 Å². The van der Waals surface area contributed by atoms with Crippen molar-refractivity contribution in [2.24, 2.45) is 0 Å². The Bertz CT molecular complexity index is 411. The summed E-state index contributed by atoms with van der Waals surface area (Å²) in [7, 11) is 0. The third-order valence-corrected chi connectivity index (χ3v) is 4.64. The highest BCUT2D eigenvalue weighted by molar-refractivity contribution is 8.00. The van der Waals surface area contributed by atoms with Crippen LogP contribution >= 0.6 is 35.6 Å². The second kappa shape index (κ2) is 5.94. The molecule has 1 aromatic rings. The SMILES string of the molecule is CCC1SCCN1C(=S)Nc1cccc(Cl)c1. The van der Waals surface area contributed by atoms with E-state index in [1.54, 1.807) is 0 Å². The lowest BCUT2D eigenvalue weighted by Crippen LogP contribution is -2.37. The molecule has 1 N–H and O–H groups in total. The van der Waals surface area contributed by atoms with Crippen LogP contribution in [0.4, 0.5) is 5.69 Å². The first-order valence-corrected chi connectivity index (χ1v) is 7.49. The molecule has 1 aromatic carbocycles. The second-order valence-corrected chi connectivity index (χ2v) is 5.98. The summed E-state index contributed by atoms with van der Waals surface area (Å²) >= 11 is 13.3. The van der Waals surface area contributed by atoms with E-state index >= 15 is 0 Å². The van der Waals surface area contributed by atoms with E-state index in [4.69, 9.17) is 23.8 Å². The molecule has 1 atom stereocenters. The van der Waals surface area contributed by atoms with Gasteiger partial charge in [0.25, 0.3) is 0 Å². The minimum atomic E-state index is 0.509. The first-order chi connectivity index (χ1) is 8.20. The molecule has 1 aliphatic heterocycles. The van der Waals surface area contributed by atoms with Crippen molar-refractivity contribution in [3.8, 4) is 0 Å². The molecule has 0 amide bonds. The molecule has 1 aliphatic rings. The molecule has 1 fully saturated rings. The fraction of sp³-hybridized carbons (Fsp3) is 0.417. The summed E-state index contributed by atoms with van der Waals surface area (Å²) in [6, 6.07) is 7.64. The van der Waals surface area contributed by atoms with Crippen LogP contribution in [0.2, 0.25) is 5.02 Å². The van der Waals surface area contributed by atoms with Crippen LogP contribution in [0.5, 0.6) is 0 Å². The monoisotopic (exact) mass is 286 g/mol. The third kappa shape index (κ3) is 3.27. The molecule has 0 bridgehead atoms. The van der Waals surface area contributed by atoms with Crippen molar-refractivity contribution < 1.29 is 0 Å². The third-order valence-electron chi connectivity index (χ3n) is 2.68. The van der Waals surface area contributed by atoms with Crippen LogP contribution in [0.15, 0.2) is 24.3 Å². The Balaban J connectivity index is 2.01. The lowest BCUT2D eigenvalue weighted by molar-refractivity contribution is 0.438. The molecule has 0 radical (unpaired) electrons. The predicted molar refractivity (Wildman–Crippen MR) is 80.9 cm³/mol. The first-order valence-electron chi connectivity index (χ1n) is 5.65. The van der Waals surface area contributed by atoms with Crippen LogP contribution < -0.4 is 5.32 Å². The van der Waals surface area contributed by atoms with Crippen LogP contribution in [-0.2, 0) is 0 Å². The minimum Gasteiger partial charge on any atom is -0.336 e. The number of anilines is 1. The maximum atomic E-state index is 5.94. The summed E-state index contributed by atoms with van der Waals surface area (Å²) in [6.45, 7) is 3.22. The molecule has 17 heavy (non-hydrogen) atoms. The Hall–Kier alpha value is -0.450. The number of benzene rings is 1. The number of halogens is 1. The number of thioether (sulfide) groups is 1. The Morgan fingerprint density at radius 2 is 2.47 bits per heavy atom. The number of hydrogen-bond donors (Lipinski definition) is 1. The van der Waals surface area contributed by atoms with Crippen molar-refractivity contribution >= 4 is 46.4 Å². The van der Waals surface area contributed by atoms with E-state index in [-0.39, 0.29) is 0 Å². The smallest absolute Gasteiger partial charge is 0.174 e. The zero-order valence-corrected chi connectivity index (χ0v) is 12.0. The van der Waals surface area contributed by atoms with Gasteiger partial charge < -0.3 is 10.2 Å². The average Bonchev–Trinajstić information content (AvgIpc) is 2.77. The van der Waals surface area contributed by atoms with Crippen molar-refractivity contribution in [3.63, 3.8) is 0 Å². The highest BCUT2D eigenvalue weighted by Crippen LogP contribution is 2.27. The van der Waals surface area contributed by atoms with E-state index < -0.39 is 0 Å². The van der Waals surface area contributed by atoms with Crippen molar-refractivity contribution in [1.29, 1.82) is 0 Å². The standard InChI is InChI=1S/C12H15ClN2S2/c1-2-11-15(6-7-17-11)12(16)14-10-5-3-4-9(13)8-10/h3-5,8,11H,2,6-7H2,1H3,(H,14,16). The molecule has 1 saturated heterocycles. The maximum absolute atomic E-state index is 5.94. The van der Waals surface area contributed by atoms with Gasteiger partial charge in [-0.25, -0.2) is 0 Å². The van der Waals surface area contributed by atoms with Gasteiger partial charge in [0, 0.05) is 23.0 Å². The summed E-state index contributed by atoms with van der Waals surface area (Å²) in [5.41, 5.74) is 0.953. The summed E-state index contributed by atoms with van der Waals surface area (Å²) in [5, 5.41) is 5.28. The second-order valence-electron chi connectivity index (χ2n) is 3.87. The molecule has 5 heteroatoms. The Morgan fingerprint density at radius 1 is 1.65 bits per heavy atom. The highest BCUT2D eigenvalue weighted by Gasteiger charge is 2.25. The minimum absolute atomic E-state index is 0.509. The van der Waals surface area contributed by atoms with Crippen molar-refractivity contribution in [1.82, 2.24) is 4.90 Å². The van der Waals surface area contributed by atoms with E-state index in [9.17, 15) is 0 Å². The van der Waals surface area contributed by atoms with E-state index in [1.165, 1.54) is 0 Å². The van der Waals surface area contributed by atoms with Gasteiger partial charge in [-0.3, -0.25) is 0 Å². The Kier molecular flexibility index (Phi) is 4.54. The molecule has 1 unspecified atom stereocenters. The van der Waals surface area contributed by atoms with Gasteiger partial charge in [0.2, 0.25) is 0 Å². The molecular formula is C12H15ClN2S2. The van der Waals surface area contributed by atoms with Gasteiger partial charge in [0.15, 0.2) is 5.11 Å². The molecular weight excluding hydrogens is 272 g/mol. The van der Waals surface area contributed by atoms with Gasteiger partial charge in [0.05, 0.1) is 5.37 Å². The lowest BCUT2D eigenvalue weighted by Gasteiger charge is -2.25. The normalized spacial score (nSPS) is 19.4. The van der Waals surface area contributed by atoms with E-state index in [0.29, 0.717) is 5.37 Å². The molecule has 2 nitrogen and oxygen atoms in total. The topological polar surface area (TPSA) is 15.3 Å². The lowest BCUT2D eigenvalue weighted by atomic mass is 10.3. The van der Waals surface area contributed by atoms with Gasteiger partial charge in [0.1, 0.15) is 0 Å². The molecule has 92 valence electrons. The maximum Gasteiger partial charge on any atom is 0.174 e. The molecule has 2 rings (SSSR count). The summed E-state index contributed by atoms with van der Waals surface area (Å²) in [4.78, 5) is 2.25. The zero-order valence-electron chi connectivity index (χ0n) is 9.65. The van der Waals surface area contributed by atoms with Gasteiger partial charge in [-0.15, -0.1) is 11.8 Å². The fourth-order valence-corrected chi connectivity index (χ4v) is 3.65. The van der Waals surface area contributed by atoms with Crippen LogP contribution in [-0.4, -0.2) is 27.7 Å². The molecule has 0 saturated carbocycles. The molecule has 0 spiro atoms. The zero-order chi connectivity index (χ0) is 12.3. The van der Waals surface area contributed by atoms with Gasteiger partial charge in [-0.1, -0.05) is 24.6 Å². The predicted octanol–water partition coefficient (Wildman–Crippen LogP) is 3.82. The summed E-state index contributed by atoms with van der Waals surface area (Å²) in [5.74, 6) is 1.15. The van der Waals surface area contributed by atoms with Gasteiger partial charge in [-0.05, 0) is 36.8 Å². The average molecular weight is 287 g/mol. The summed E-state index contributed by atoms with van der Waals surface area (Å²) < 4.78 is 0. The number of nitrogens with one attached hydrogen (secondary N) is 1. The number of nitrogens with zero attached hydrogens (tertiary/aromatic N) is 1. The molecule has 0 aromatic heterocycles. The van der Waals surface area contributed by atoms with Crippen molar-refractivity contribution in [3.05, 3.63) is 29.3 Å². The van der Waals surface area contributed by atoms with Crippen LogP contribution in [0.25, 0.3) is 0 Å². The number of hydrogen-bond acceptors (Lipinski definition) is 2. The Labute approximate surface area is 117 Å². The quantitative estimate of drug-likeness (QED) is 0.831. The summed E-state index contributed by atoms with van der Waals surface area (Å²) in [6.07, 6.45) is 1.11. The number of thiocarbonyl (C=S) groups is 1.